The summed E-state index contributed by atoms with van der Waals surface area (Å²) in [6.45, 7) is 7.53. The number of nitrogens with zero attached hydrogens (tertiary/aromatic N) is 2. The normalized spacial score (nSPS) is 10.2. The van der Waals surface area contributed by atoms with Gasteiger partial charge in [-0.2, -0.15) is 5.10 Å². The largest absolute Gasteiger partial charge is 0.311 e. The SMILES string of the molecule is CCCCCCNCc1ccnn1CCC.Cl. The number of unbranched alkanes of at least 4 members (excludes halogenated alkanes) is 3. The zero-order valence-electron chi connectivity index (χ0n) is 11.1. The van der Waals surface area contributed by atoms with Gasteiger partial charge in [-0.3, -0.25) is 4.68 Å². The van der Waals surface area contributed by atoms with Gasteiger partial charge in [-0.15, -0.1) is 12.4 Å². The molecule has 0 unspecified atom stereocenters. The highest BCUT2D eigenvalue weighted by Crippen LogP contribution is 2.01. The number of aryl methyl sites for hydroxylation is 1. The first-order valence-corrected chi connectivity index (χ1v) is 6.59. The Hall–Kier alpha value is -0.540. The first kappa shape index (κ1) is 16.5. The van der Waals surface area contributed by atoms with Crippen LogP contribution in [0.2, 0.25) is 0 Å². The molecule has 17 heavy (non-hydrogen) atoms. The van der Waals surface area contributed by atoms with Crippen molar-refractivity contribution in [2.75, 3.05) is 6.54 Å². The van der Waals surface area contributed by atoms with Crippen molar-refractivity contribution in [1.29, 1.82) is 0 Å². The first-order valence-electron chi connectivity index (χ1n) is 6.59. The molecule has 0 bridgehead atoms. The van der Waals surface area contributed by atoms with E-state index in [4.69, 9.17) is 0 Å². The van der Waals surface area contributed by atoms with Crippen LogP contribution in [0.5, 0.6) is 0 Å². The van der Waals surface area contributed by atoms with Crippen LogP contribution in [-0.4, -0.2) is 16.3 Å². The fourth-order valence-electron chi connectivity index (χ4n) is 1.82. The van der Waals surface area contributed by atoms with Gasteiger partial charge in [0.1, 0.15) is 0 Å². The van der Waals surface area contributed by atoms with E-state index < -0.39 is 0 Å². The maximum atomic E-state index is 4.31. The summed E-state index contributed by atoms with van der Waals surface area (Å²) in [5.41, 5.74) is 1.30. The van der Waals surface area contributed by atoms with E-state index in [-0.39, 0.29) is 12.4 Å². The third-order valence-electron chi connectivity index (χ3n) is 2.75. The van der Waals surface area contributed by atoms with Crippen LogP contribution in [0.15, 0.2) is 12.3 Å². The molecule has 0 saturated carbocycles. The third kappa shape index (κ3) is 6.69. The summed E-state index contributed by atoms with van der Waals surface area (Å²) in [5.74, 6) is 0. The Labute approximate surface area is 111 Å². The van der Waals surface area contributed by atoms with Crippen LogP contribution in [0.1, 0.15) is 51.6 Å². The Bertz CT molecular complexity index is 273. The summed E-state index contributed by atoms with van der Waals surface area (Å²) >= 11 is 0. The van der Waals surface area contributed by atoms with E-state index >= 15 is 0 Å². The van der Waals surface area contributed by atoms with Gasteiger partial charge in [0.25, 0.3) is 0 Å². The Balaban J connectivity index is 0.00000256. The second-order valence-corrected chi connectivity index (χ2v) is 4.28. The van der Waals surface area contributed by atoms with Crippen molar-refractivity contribution in [2.45, 2.75) is 59.0 Å². The average Bonchev–Trinajstić information content (AvgIpc) is 2.72. The van der Waals surface area contributed by atoms with Crippen LogP contribution in [0, 0.1) is 0 Å². The Kier molecular flexibility index (Phi) is 10.3. The Morgan fingerprint density at radius 1 is 1.18 bits per heavy atom. The van der Waals surface area contributed by atoms with E-state index in [2.05, 4.69) is 35.0 Å². The third-order valence-corrected chi connectivity index (χ3v) is 2.75. The second kappa shape index (κ2) is 10.6. The van der Waals surface area contributed by atoms with Crippen molar-refractivity contribution in [1.82, 2.24) is 15.1 Å². The minimum Gasteiger partial charge on any atom is -0.311 e. The van der Waals surface area contributed by atoms with Crippen LogP contribution in [0.3, 0.4) is 0 Å². The van der Waals surface area contributed by atoms with Crippen LogP contribution in [-0.2, 0) is 13.1 Å². The number of halogens is 1. The zero-order valence-corrected chi connectivity index (χ0v) is 11.9. The van der Waals surface area contributed by atoms with Gasteiger partial charge in [0.2, 0.25) is 0 Å². The van der Waals surface area contributed by atoms with Gasteiger partial charge < -0.3 is 5.32 Å². The minimum atomic E-state index is 0. The Morgan fingerprint density at radius 3 is 2.71 bits per heavy atom. The van der Waals surface area contributed by atoms with Gasteiger partial charge in [-0.1, -0.05) is 33.1 Å². The quantitative estimate of drug-likeness (QED) is 0.689. The van der Waals surface area contributed by atoms with Gasteiger partial charge in [-0.25, -0.2) is 0 Å². The minimum absolute atomic E-state index is 0. The first-order chi connectivity index (χ1) is 7.88. The highest BCUT2D eigenvalue weighted by molar-refractivity contribution is 5.85. The molecule has 1 aromatic heterocycles. The molecule has 0 spiro atoms. The summed E-state index contributed by atoms with van der Waals surface area (Å²) < 4.78 is 2.10. The predicted molar refractivity (Wildman–Crippen MR) is 75.6 cm³/mol. The molecule has 100 valence electrons. The molecular formula is C13H26ClN3. The second-order valence-electron chi connectivity index (χ2n) is 4.28. The zero-order chi connectivity index (χ0) is 11.6. The molecule has 0 atom stereocenters. The smallest absolute Gasteiger partial charge is 0.0522 e. The summed E-state index contributed by atoms with van der Waals surface area (Å²) in [4.78, 5) is 0. The summed E-state index contributed by atoms with van der Waals surface area (Å²) in [6.07, 6.45) is 8.33. The summed E-state index contributed by atoms with van der Waals surface area (Å²) in [6, 6.07) is 2.11. The molecule has 0 amide bonds. The van der Waals surface area contributed by atoms with Crippen molar-refractivity contribution in [3.05, 3.63) is 18.0 Å². The molecule has 0 aliphatic carbocycles. The molecule has 1 heterocycles. The van der Waals surface area contributed by atoms with Gasteiger partial charge in [0.15, 0.2) is 0 Å². The maximum absolute atomic E-state index is 4.31. The monoisotopic (exact) mass is 259 g/mol. The van der Waals surface area contributed by atoms with Crippen LogP contribution >= 0.6 is 12.4 Å². The predicted octanol–water partition coefficient (Wildman–Crippen LogP) is 3.38. The van der Waals surface area contributed by atoms with E-state index in [1.54, 1.807) is 0 Å². The molecule has 0 saturated heterocycles. The number of rotatable bonds is 9. The van der Waals surface area contributed by atoms with Crippen LogP contribution in [0.4, 0.5) is 0 Å². The summed E-state index contributed by atoms with van der Waals surface area (Å²) in [7, 11) is 0. The lowest BCUT2D eigenvalue weighted by Gasteiger charge is -2.07. The molecule has 0 fully saturated rings. The van der Waals surface area contributed by atoms with E-state index in [9.17, 15) is 0 Å². The number of hydrogen-bond donors (Lipinski definition) is 1. The summed E-state index contributed by atoms with van der Waals surface area (Å²) in [5, 5.41) is 7.80. The van der Waals surface area contributed by atoms with Crippen molar-refractivity contribution in [2.24, 2.45) is 0 Å². The lowest BCUT2D eigenvalue weighted by atomic mass is 10.2. The topological polar surface area (TPSA) is 29.9 Å². The lowest BCUT2D eigenvalue weighted by molar-refractivity contribution is 0.537. The van der Waals surface area contributed by atoms with Gasteiger partial charge in [-0.05, 0) is 25.5 Å². The molecule has 3 nitrogen and oxygen atoms in total. The Morgan fingerprint density at radius 2 is 2.00 bits per heavy atom. The lowest BCUT2D eigenvalue weighted by Crippen LogP contribution is -2.18. The van der Waals surface area contributed by atoms with Crippen LogP contribution in [0.25, 0.3) is 0 Å². The standard InChI is InChI=1S/C13H25N3.ClH/c1-3-5-6-7-9-14-12-13-8-10-15-16(13)11-4-2;/h8,10,14H,3-7,9,11-12H2,1-2H3;1H. The van der Waals surface area contributed by atoms with Crippen LogP contribution < -0.4 is 5.32 Å². The molecule has 1 N–H and O–H groups in total. The molecule has 0 aromatic carbocycles. The molecule has 0 radical (unpaired) electrons. The number of hydrogen-bond acceptors (Lipinski definition) is 2. The molecule has 1 rings (SSSR count). The highest BCUT2D eigenvalue weighted by atomic mass is 35.5. The fourth-order valence-corrected chi connectivity index (χ4v) is 1.82. The van der Waals surface area contributed by atoms with Gasteiger partial charge in [0, 0.05) is 19.3 Å². The van der Waals surface area contributed by atoms with E-state index in [1.165, 1.54) is 31.4 Å². The number of nitrogens with one attached hydrogen (secondary N) is 1. The van der Waals surface area contributed by atoms with Crippen molar-refractivity contribution in [3.8, 4) is 0 Å². The van der Waals surface area contributed by atoms with E-state index in [1.807, 2.05) is 6.20 Å². The van der Waals surface area contributed by atoms with E-state index in [0.29, 0.717) is 0 Å². The van der Waals surface area contributed by atoms with Crippen molar-refractivity contribution < 1.29 is 0 Å². The average molecular weight is 260 g/mol. The molecule has 0 aliphatic heterocycles. The molecule has 1 aromatic rings. The van der Waals surface area contributed by atoms with Crippen molar-refractivity contribution >= 4 is 12.4 Å². The number of aromatic nitrogens is 2. The van der Waals surface area contributed by atoms with E-state index in [0.717, 1.165) is 26.1 Å². The fraction of sp³-hybridized carbons (Fsp3) is 0.769. The maximum Gasteiger partial charge on any atom is 0.0522 e. The highest BCUT2D eigenvalue weighted by Gasteiger charge is 2.00. The molecular weight excluding hydrogens is 234 g/mol. The van der Waals surface area contributed by atoms with Gasteiger partial charge >= 0.3 is 0 Å². The van der Waals surface area contributed by atoms with Crippen molar-refractivity contribution in [3.63, 3.8) is 0 Å². The van der Waals surface area contributed by atoms with Gasteiger partial charge in [0.05, 0.1) is 5.69 Å². The molecule has 0 aliphatic rings. The molecule has 4 heteroatoms.